The van der Waals surface area contributed by atoms with E-state index in [1.165, 1.54) is 6.07 Å². The number of hydrogen-bond acceptors (Lipinski definition) is 4. The van der Waals surface area contributed by atoms with Crippen LogP contribution in [0.4, 0.5) is 4.39 Å². The van der Waals surface area contributed by atoms with Gasteiger partial charge in [-0.15, -0.1) is 0 Å². The second-order valence-electron chi connectivity index (χ2n) is 6.29. The molecule has 0 radical (unpaired) electrons. The molecular formula is C18H17FN6O. The van der Waals surface area contributed by atoms with E-state index in [0.29, 0.717) is 22.7 Å². The van der Waals surface area contributed by atoms with Crippen LogP contribution in [0, 0.1) is 5.82 Å². The molecule has 1 N–H and O–H groups in total. The first kappa shape index (κ1) is 16.2. The molecule has 0 bridgehead atoms. The van der Waals surface area contributed by atoms with E-state index in [0.717, 1.165) is 5.39 Å². The van der Waals surface area contributed by atoms with Gasteiger partial charge in [0, 0.05) is 17.8 Å². The van der Waals surface area contributed by atoms with Crippen molar-refractivity contribution >= 4 is 11.0 Å². The largest absolute Gasteiger partial charge is 0.343 e. The van der Waals surface area contributed by atoms with E-state index in [-0.39, 0.29) is 24.1 Å². The van der Waals surface area contributed by atoms with Crippen molar-refractivity contribution in [3.8, 4) is 11.5 Å². The summed E-state index contributed by atoms with van der Waals surface area (Å²) in [6.07, 6.45) is 1.66. The molecule has 8 heteroatoms. The van der Waals surface area contributed by atoms with Gasteiger partial charge in [0.15, 0.2) is 11.5 Å². The van der Waals surface area contributed by atoms with Crippen molar-refractivity contribution in [1.82, 2.24) is 29.5 Å². The lowest BCUT2D eigenvalue weighted by atomic mass is 10.2. The van der Waals surface area contributed by atoms with Gasteiger partial charge >= 0.3 is 5.69 Å². The maximum Gasteiger partial charge on any atom is 0.343 e. The van der Waals surface area contributed by atoms with Gasteiger partial charge in [0.05, 0.1) is 11.9 Å². The van der Waals surface area contributed by atoms with E-state index in [9.17, 15) is 9.18 Å². The van der Waals surface area contributed by atoms with Crippen molar-refractivity contribution in [2.45, 2.75) is 26.4 Å². The van der Waals surface area contributed by atoms with Crippen molar-refractivity contribution in [2.75, 3.05) is 0 Å². The molecule has 3 heterocycles. The molecule has 0 spiro atoms. The van der Waals surface area contributed by atoms with Crippen molar-refractivity contribution in [3.63, 3.8) is 0 Å². The van der Waals surface area contributed by atoms with E-state index in [2.05, 4.69) is 20.3 Å². The smallest absolute Gasteiger partial charge is 0.271 e. The topological polar surface area (TPSA) is 81.4 Å². The van der Waals surface area contributed by atoms with Crippen LogP contribution in [0.3, 0.4) is 0 Å². The third kappa shape index (κ3) is 2.59. The Hall–Kier alpha value is -3.29. The SMILES string of the molecule is CC(C)n1c(-c2nn(Cc3ccccc3F)c3ncccc23)n[nH]c1=O. The number of fused-ring (bicyclic) bond motifs is 1. The number of benzene rings is 1. The number of rotatable bonds is 4. The van der Waals surface area contributed by atoms with E-state index in [4.69, 9.17) is 0 Å². The fourth-order valence-corrected chi connectivity index (χ4v) is 3.02. The Bertz CT molecular complexity index is 1140. The van der Waals surface area contributed by atoms with Gasteiger partial charge in [0.25, 0.3) is 0 Å². The third-order valence-electron chi connectivity index (χ3n) is 4.22. The van der Waals surface area contributed by atoms with Gasteiger partial charge in [0.1, 0.15) is 11.5 Å². The average Bonchev–Trinajstić information content (AvgIpc) is 3.18. The molecule has 0 fully saturated rings. The molecule has 0 aliphatic rings. The van der Waals surface area contributed by atoms with Crippen LogP contribution in [-0.4, -0.2) is 29.5 Å². The van der Waals surface area contributed by atoms with Crippen molar-refractivity contribution in [3.05, 3.63) is 64.5 Å². The monoisotopic (exact) mass is 352 g/mol. The average molecular weight is 352 g/mol. The summed E-state index contributed by atoms with van der Waals surface area (Å²) in [5.74, 6) is 0.141. The summed E-state index contributed by atoms with van der Waals surface area (Å²) in [5.41, 5.74) is 1.36. The molecule has 4 rings (SSSR count). The highest BCUT2D eigenvalue weighted by Gasteiger charge is 2.21. The third-order valence-corrected chi connectivity index (χ3v) is 4.22. The second-order valence-corrected chi connectivity index (χ2v) is 6.29. The predicted octanol–water partition coefficient (Wildman–Crippen LogP) is 2.75. The van der Waals surface area contributed by atoms with Gasteiger partial charge < -0.3 is 0 Å². The van der Waals surface area contributed by atoms with Crippen LogP contribution in [0.1, 0.15) is 25.5 Å². The summed E-state index contributed by atoms with van der Waals surface area (Å²) in [4.78, 5) is 16.5. The van der Waals surface area contributed by atoms with Crippen LogP contribution >= 0.6 is 0 Å². The molecule has 3 aromatic heterocycles. The summed E-state index contributed by atoms with van der Waals surface area (Å²) < 4.78 is 17.2. The molecule has 0 aliphatic carbocycles. The van der Waals surface area contributed by atoms with E-state index < -0.39 is 0 Å². The number of halogens is 1. The van der Waals surface area contributed by atoms with Gasteiger partial charge in [-0.25, -0.2) is 23.9 Å². The van der Waals surface area contributed by atoms with Crippen molar-refractivity contribution in [1.29, 1.82) is 0 Å². The zero-order chi connectivity index (χ0) is 18.3. The Morgan fingerprint density at radius 2 is 2.00 bits per heavy atom. The Labute approximate surface area is 148 Å². The molecule has 0 atom stereocenters. The van der Waals surface area contributed by atoms with Gasteiger partial charge in [-0.1, -0.05) is 18.2 Å². The standard InChI is InChI=1S/C18H17FN6O/c1-11(2)25-17(21-22-18(25)26)15-13-7-5-9-20-16(13)24(23-15)10-12-6-3-4-8-14(12)19/h3-9,11H,10H2,1-2H3,(H,22,26). The molecule has 0 unspecified atom stereocenters. The number of aromatic amines is 1. The Kier molecular flexibility index (Phi) is 3.87. The van der Waals surface area contributed by atoms with E-state index >= 15 is 0 Å². The first-order valence-corrected chi connectivity index (χ1v) is 8.28. The molecule has 0 aliphatic heterocycles. The Morgan fingerprint density at radius 1 is 1.19 bits per heavy atom. The quantitative estimate of drug-likeness (QED) is 0.612. The van der Waals surface area contributed by atoms with Gasteiger partial charge in [-0.3, -0.25) is 4.57 Å². The Balaban J connectivity index is 1.91. The molecule has 1 aromatic carbocycles. The van der Waals surface area contributed by atoms with Gasteiger partial charge in [-0.2, -0.15) is 10.2 Å². The lowest BCUT2D eigenvalue weighted by molar-refractivity contribution is 0.580. The van der Waals surface area contributed by atoms with Crippen LogP contribution in [0.2, 0.25) is 0 Å². The van der Waals surface area contributed by atoms with Crippen LogP contribution in [0.5, 0.6) is 0 Å². The zero-order valence-corrected chi connectivity index (χ0v) is 14.3. The maximum atomic E-state index is 14.1. The summed E-state index contributed by atoms with van der Waals surface area (Å²) in [6.45, 7) is 4.03. The van der Waals surface area contributed by atoms with Gasteiger partial charge in [0.2, 0.25) is 0 Å². The van der Waals surface area contributed by atoms with Crippen molar-refractivity contribution in [2.24, 2.45) is 0 Å². The minimum atomic E-state index is -0.299. The Morgan fingerprint density at radius 3 is 2.77 bits per heavy atom. The summed E-state index contributed by atoms with van der Waals surface area (Å²) in [6, 6.07) is 10.1. The maximum absolute atomic E-state index is 14.1. The first-order chi connectivity index (χ1) is 12.6. The summed E-state index contributed by atoms with van der Waals surface area (Å²) in [5, 5.41) is 12.0. The molecule has 26 heavy (non-hydrogen) atoms. The summed E-state index contributed by atoms with van der Waals surface area (Å²) >= 11 is 0. The highest BCUT2D eigenvalue weighted by molar-refractivity contribution is 5.89. The van der Waals surface area contributed by atoms with Crippen LogP contribution in [0.25, 0.3) is 22.6 Å². The molecule has 7 nitrogen and oxygen atoms in total. The number of pyridine rings is 1. The first-order valence-electron chi connectivity index (χ1n) is 8.28. The normalized spacial score (nSPS) is 11.5. The molecule has 0 amide bonds. The molecule has 132 valence electrons. The highest BCUT2D eigenvalue weighted by Crippen LogP contribution is 2.26. The number of hydrogen-bond donors (Lipinski definition) is 1. The number of H-pyrrole nitrogens is 1. The van der Waals surface area contributed by atoms with E-state index in [1.807, 2.05) is 19.9 Å². The fourth-order valence-electron chi connectivity index (χ4n) is 3.02. The lowest BCUT2D eigenvalue weighted by Crippen LogP contribution is -2.19. The number of aromatic nitrogens is 6. The van der Waals surface area contributed by atoms with Crippen LogP contribution in [-0.2, 0) is 6.54 Å². The number of nitrogens with zero attached hydrogens (tertiary/aromatic N) is 5. The van der Waals surface area contributed by atoms with Gasteiger partial charge in [-0.05, 0) is 32.0 Å². The van der Waals surface area contributed by atoms with Crippen LogP contribution in [0.15, 0.2) is 47.4 Å². The minimum absolute atomic E-state index is 0.0836. The molecular weight excluding hydrogens is 335 g/mol. The summed E-state index contributed by atoms with van der Waals surface area (Å²) in [7, 11) is 0. The minimum Gasteiger partial charge on any atom is -0.271 e. The fraction of sp³-hybridized carbons (Fsp3) is 0.222. The highest BCUT2D eigenvalue weighted by atomic mass is 19.1. The molecule has 0 saturated heterocycles. The van der Waals surface area contributed by atoms with Crippen molar-refractivity contribution < 1.29 is 4.39 Å². The second kappa shape index (κ2) is 6.21. The lowest BCUT2D eigenvalue weighted by Gasteiger charge is -2.07. The molecule has 4 aromatic rings. The number of nitrogens with one attached hydrogen (secondary N) is 1. The van der Waals surface area contributed by atoms with E-state index in [1.54, 1.807) is 39.7 Å². The predicted molar refractivity (Wildman–Crippen MR) is 95.3 cm³/mol. The molecule has 0 saturated carbocycles. The zero-order valence-electron chi connectivity index (χ0n) is 14.3. The van der Waals surface area contributed by atoms with Crippen LogP contribution < -0.4 is 5.69 Å².